The summed E-state index contributed by atoms with van der Waals surface area (Å²) in [5, 5.41) is 12.9. The van der Waals surface area contributed by atoms with Gasteiger partial charge in [0.2, 0.25) is 0 Å². The molecule has 3 aromatic carbocycles. The van der Waals surface area contributed by atoms with Crippen LogP contribution in [0.3, 0.4) is 0 Å². The van der Waals surface area contributed by atoms with E-state index in [1.807, 2.05) is 36.4 Å². The Morgan fingerprint density at radius 3 is 2.00 bits per heavy atom. The van der Waals surface area contributed by atoms with E-state index in [0.29, 0.717) is 16.7 Å². The second-order valence-corrected chi connectivity index (χ2v) is 10.9. The average Bonchev–Trinajstić information content (AvgIpc) is 3.49. The molecule has 220 valence electrons. The minimum Gasteiger partial charge on any atom is -0.308 e. The van der Waals surface area contributed by atoms with Crippen molar-refractivity contribution in [3.05, 3.63) is 107 Å². The van der Waals surface area contributed by atoms with Crippen LogP contribution in [0.5, 0.6) is 0 Å². The van der Waals surface area contributed by atoms with Gasteiger partial charge in [0, 0.05) is 24.5 Å². The molecule has 0 aliphatic carbocycles. The second kappa shape index (κ2) is 11.1. The van der Waals surface area contributed by atoms with Gasteiger partial charge in [0.1, 0.15) is 0 Å². The molecular formula is C30H28F6N6. The Morgan fingerprint density at radius 1 is 0.810 bits per heavy atom. The van der Waals surface area contributed by atoms with Crippen LogP contribution in [0.4, 0.5) is 26.3 Å². The molecule has 1 aromatic heterocycles. The predicted molar refractivity (Wildman–Crippen MR) is 143 cm³/mol. The van der Waals surface area contributed by atoms with Gasteiger partial charge in [-0.2, -0.15) is 31.0 Å². The fourth-order valence-corrected chi connectivity index (χ4v) is 6.53. The van der Waals surface area contributed by atoms with Gasteiger partial charge in [0.15, 0.2) is 0 Å². The van der Waals surface area contributed by atoms with E-state index in [4.69, 9.17) is 0 Å². The predicted octanol–water partition coefficient (Wildman–Crippen LogP) is 6.08. The van der Waals surface area contributed by atoms with Crippen LogP contribution in [0.1, 0.15) is 46.8 Å². The zero-order valence-corrected chi connectivity index (χ0v) is 22.4. The van der Waals surface area contributed by atoms with Crippen molar-refractivity contribution in [3.63, 3.8) is 0 Å². The largest absolute Gasteiger partial charge is 0.453 e. The van der Waals surface area contributed by atoms with Gasteiger partial charge in [0.05, 0.1) is 11.3 Å². The molecule has 1 N–H and O–H groups in total. The van der Waals surface area contributed by atoms with Crippen molar-refractivity contribution in [1.29, 1.82) is 0 Å². The monoisotopic (exact) mass is 586 g/mol. The van der Waals surface area contributed by atoms with E-state index in [0.717, 1.165) is 43.1 Å². The van der Waals surface area contributed by atoms with Crippen LogP contribution in [0.15, 0.2) is 78.9 Å². The van der Waals surface area contributed by atoms with Crippen LogP contribution in [0.2, 0.25) is 0 Å². The van der Waals surface area contributed by atoms with Crippen LogP contribution in [-0.4, -0.2) is 50.3 Å². The van der Waals surface area contributed by atoms with Crippen LogP contribution >= 0.6 is 0 Å². The van der Waals surface area contributed by atoms with E-state index >= 15 is 0 Å². The Morgan fingerprint density at radius 2 is 1.43 bits per heavy atom. The van der Waals surface area contributed by atoms with E-state index in [1.54, 1.807) is 0 Å². The van der Waals surface area contributed by atoms with Crippen molar-refractivity contribution in [1.82, 2.24) is 30.4 Å². The zero-order valence-electron chi connectivity index (χ0n) is 22.4. The third-order valence-corrected chi connectivity index (χ3v) is 8.34. The van der Waals surface area contributed by atoms with Gasteiger partial charge in [0.25, 0.3) is 5.82 Å². The fourth-order valence-electron chi connectivity index (χ4n) is 6.53. The normalized spacial score (nSPS) is 22.5. The first-order valence-corrected chi connectivity index (χ1v) is 13.7. The molecule has 7 rings (SSSR count). The Balaban J connectivity index is 1.36. The van der Waals surface area contributed by atoms with Crippen molar-refractivity contribution >= 4 is 0 Å². The molecule has 2 bridgehead atoms. The quantitative estimate of drug-likeness (QED) is 0.266. The second-order valence-electron chi connectivity index (χ2n) is 10.9. The van der Waals surface area contributed by atoms with Gasteiger partial charge < -0.3 is 5.32 Å². The maximum absolute atomic E-state index is 13.9. The smallest absolute Gasteiger partial charge is 0.308 e. The third-order valence-electron chi connectivity index (χ3n) is 8.34. The highest BCUT2D eigenvalue weighted by atomic mass is 19.4. The van der Waals surface area contributed by atoms with Crippen LogP contribution < -0.4 is 5.32 Å². The minimum absolute atomic E-state index is 0.0145. The molecule has 12 heteroatoms. The van der Waals surface area contributed by atoms with Gasteiger partial charge in [-0.05, 0) is 77.2 Å². The molecule has 2 atom stereocenters. The topological polar surface area (TPSA) is 58.9 Å². The molecule has 3 aliphatic rings. The number of aromatic nitrogens is 4. The number of halogens is 6. The van der Waals surface area contributed by atoms with Crippen LogP contribution in [-0.2, 0) is 18.9 Å². The van der Waals surface area contributed by atoms with Gasteiger partial charge >= 0.3 is 12.4 Å². The maximum atomic E-state index is 13.9. The Bertz CT molecular complexity index is 1460. The van der Waals surface area contributed by atoms with Crippen molar-refractivity contribution < 1.29 is 26.3 Å². The first-order chi connectivity index (χ1) is 20.1. The molecule has 3 fully saturated rings. The summed E-state index contributed by atoms with van der Waals surface area (Å²) in [4.78, 5) is 2.45. The Labute approximate surface area is 238 Å². The summed E-state index contributed by atoms with van der Waals surface area (Å²) in [7, 11) is 0. The van der Waals surface area contributed by atoms with Gasteiger partial charge in [-0.3, -0.25) is 4.90 Å². The average molecular weight is 587 g/mol. The molecular weight excluding hydrogens is 558 g/mol. The SMILES string of the molecule is FC(F)(F)c1cc(CN[C@H]2C3CCN(CC3)[C@H]2C(c2ccccc2)c2ccccc2)cc(-n2nnnc2C(F)(F)F)c1. The van der Waals surface area contributed by atoms with Crippen LogP contribution in [0, 0.1) is 5.92 Å². The van der Waals surface area contributed by atoms with E-state index in [2.05, 4.69) is 50.0 Å². The zero-order chi connectivity index (χ0) is 29.5. The molecule has 0 spiro atoms. The number of nitrogens with one attached hydrogen (secondary N) is 1. The number of rotatable bonds is 7. The molecule has 0 saturated carbocycles. The molecule has 3 aliphatic heterocycles. The number of hydrogen-bond donors (Lipinski definition) is 1. The van der Waals surface area contributed by atoms with Gasteiger partial charge in [-0.25, -0.2) is 0 Å². The Kier molecular flexibility index (Phi) is 7.52. The summed E-state index contributed by atoms with van der Waals surface area (Å²) in [5.74, 6) is -1.18. The summed E-state index contributed by atoms with van der Waals surface area (Å²) in [6, 6.07) is 23.2. The highest BCUT2D eigenvalue weighted by Crippen LogP contribution is 2.42. The van der Waals surface area contributed by atoms with E-state index in [-0.39, 0.29) is 30.1 Å². The standard InChI is InChI=1S/C30H28F6N6/c31-29(32,33)23-15-19(16-24(17-23)42-28(30(34,35)36)38-39-40-42)18-37-26-22-11-13-41(14-12-22)27(26)25(20-7-3-1-4-8-20)21-9-5-2-6-10-21/h1-10,15-17,22,25-27,37H,11-14,18H2/t26-,27-/m0/s1. The number of alkyl halides is 6. The lowest BCUT2D eigenvalue weighted by Gasteiger charge is -2.54. The molecule has 42 heavy (non-hydrogen) atoms. The van der Waals surface area contributed by atoms with E-state index in [9.17, 15) is 26.3 Å². The lowest BCUT2D eigenvalue weighted by molar-refractivity contribution is -0.146. The number of piperidine rings is 3. The van der Waals surface area contributed by atoms with Crippen molar-refractivity contribution in [2.45, 2.75) is 49.7 Å². The number of hydrogen-bond acceptors (Lipinski definition) is 5. The fraction of sp³-hybridized carbons (Fsp3) is 0.367. The molecule has 0 unspecified atom stereocenters. The number of fused-ring (bicyclic) bond motifs is 3. The summed E-state index contributed by atoms with van der Waals surface area (Å²) < 4.78 is 82.4. The van der Waals surface area contributed by atoms with Gasteiger partial charge in [-0.1, -0.05) is 60.7 Å². The van der Waals surface area contributed by atoms with E-state index < -0.39 is 29.4 Å². The first kappa shape index (κ1) is 28.4. The van der Waals surface area contributed by atoms with Crippen molar-refractivity contribution in [2.24, 2.45) is 5.92 Å². The van der Waals surface area contributed by atoms with Gasteiger partial charge in [-0.15, -0.1) is 5.10 Å². The highest BCUT2D eigenvalue weighted by molar-refractivity contribution is 5.42. The summed E-state index contributed by atoms with van der Waals surface area (Å²) in [5.41, 5.74) is 1.00. The number of nitrogens with zero attached hydrogens (tertiary/aromatic N) is 5. The lowest BCUT2D eigenvalue weighted by Crippen LogP contribution is -2.64. The highest BCUT2D eigenvalue weighted by Gasteiger charge is 2.46. The summed E-state index contributed by atoms with van der Waals surface area (Å²) >= 11 is 0. The molecule has 4 heterocycles. The maximum Gasteiger partial charge on any atom is 0.453 e. The van der Waals surface area contributed by atoms with Crippen molar-refractivity contribution in [2.75, 3.05) is 13.1 Å². The molecule has 4 aromatic rings. The molecule has 3 saturated heterocycles. The minimum atomic E-state index is -4.94. The molecule has 0 radical (unpaired) electrons. The summed E-state index contributed by atoms with van der Waals surface area (Å²) in [6.07, 6.45) is -7.81. The summed E-state index contributed by atoms with van der Waals surface area (Å²) in [6.45, 7) is 1.88. The molecule has 6 nitrogen and oxygen atoms in total. The van der Waals surface area contributed by atoms with Crippen LogP contribution in [0.25, 0.3) is 5.69 Å². The number of benzene rings is 3. The first-order valence-electron chi connectivity index (χ1n) is 13.7. The van der Waals surface area contributed by atoms with Crippen molar-refractivity contribution in [3.8, 4) is 5.69 Å². The lowest BCUT2D eigenvalue weighted by atomic mass is 9.70. The Hall–Kier alpha value is -3.77. The number of tetrazole rings is 1. The van der Waals surface area contributed by atoms with E-state index in [1.165, 1.54) is 6.07 Å². The third kappa shape index (κ3) is 5.65. The molecule has 0 amide bonds.